The van der Waals surface area contributed by atoms with Gasteiger partial charge in [0, 0.05) is 23.2 Å². The number of aryl methyl sites for hydroxylation is 2. The maximum Gasteiger partial charge on any atom is 0.336 e. The number of amides is 2. The SMILES string of the molecule is Cc1ccc(NCC(=O)NNC(=O)COc2ccc3ccc(=O)oc3c2)c(C)c1. The number of hydrazine groups is 1. The number of benzene rings is 2. The number of ether oxygens (including phenoxy) is 1. The first-order chi connectivity index (χ1) is 13.9. The highest BCUT2D eigenvalue weighted by Crippen LogP contribution is 2.19. The van der Waals surface area contributed by atoms with Crippen LogP contribution in [0.5, 0.6) is 5.75 Å². The van der Waals surface area contributed by atoms with Crippen LogP contribution in [0.1, 0.15) is 11.1 Å². The van der Waals surface area contributed by atoms with Crippen molar-refractivity contribution in [2.24, 2.45) is 0 Å². The lowest BCUT2D eigenvalue weighted by Gasteiger charge is -2.11. The summed E-state index contributed by atoms with van der Waals surface area (Å²) in [5, 5.41) is 3.75. The lowest BCUT2D eigenvalue weighted by Crippen LogP contribution is -2.46. The summed E-state index contributed by atoms with van der Waals surface area (Å²) in [6.45, 7) is 3.64. The predicted octanol–water partition coefficient (Wildman–Crippen LogP) is 2.05. The second-order valence-corrected chi connectivity index (χ2v) is 6.51. The molecule has 1 aromatic heterocycles. The number of hydrogen-bond acceptors (Lipinski definition) is 6. The van der Waals surface area contributed by atoms with E-state index in [0.29, 0.717) is 11.3 Å². The minimum absolute atomic E-state index is 0.00868. The lowest BCUT2D eigenvalue weighted by molar-refractivity contribution is -0.129. The van der Waals surface area contributed by atoms with E-state index in [4.69, 9.17) is 9.15 Å². The van der Waals surface area contributed by atoms with Gasteiger partial charge < -0.3 is 14.5 Å². The van der Waals surface area contributed by atoms with E-state index in [2.05, 4.69) is 16.2 Å². The first-order valence-corrected chi connectivity index (χ1v) is 8.96. The molecule has 0 atom stereocenters. The molecule has 150 valence electrons. The quantitative estimate of drug-likeness (QED) is 0.435. The van der Waals surface area contributed by atoms with Crippen LogP contribution in [0.4, 0.5) is 5.69 Å². The third-order valence-electron chi connectivity index (χ3n) is 4.13. The molecule has 29 heavy (non-hydrogen) atoms. The van der Waals surface area contributed by atoms with Crippen LogP contribution in [0.2, 0.25) is 0 Å². The smallest absolute Gasteiger partial charge is 0.336 e. The van der Waals surface area contributed by atoms with E-state index >= 15 is 0 Å². The molecular formula is C21H21N3O5. The zero-order chi connectivity index (χ0) is 20.8. The molecule has 0 aliphatic heterocycles. The number of fused-ring (bicyclic) bond motifs is 1. The Kier molecular flexibility index (Phi) is 6.13. The van der Waals surface area contributed by atoms with E-state index in [9.17, 15) is 14.4 Å². The van der Waals surface area contributed by atoms with Crippen LogP contribution in [0.15, 0.2) is 57.7 Å². The zero-order valence-electron chi connectivity index (χ0n) is 16.1. The Morgan fingerprint density at radius 1 is 0.966 bits per heavy atom. The number of nitrogens with one attached hydrogen (secondary N) is 3. The summed E-state index contributed by atoms with van der Waals surface area (Å²) in [4.78, 5) is 35.0. The van der Waals surface area contributed by atoms with E-state index in [-0.39, 0.29) is 13.2 Å². The highest BCUT2D eigenvalue weighted by Gasteiger charge is 2.07. The molecule has 1 heterocycles. The van der Waals surface area contributed by atoms with Gasteiger partial charge in [-0.15, -0.1) is 0 Å². The van der Waals surface area contributed by atoms with Gasteiger partial charge in [0.15, 0.2) is 6.61 Å². The van der Waals surface area contributed by atoms with Gasteiger partial charge in [0.05, 0.1) is 6.54 Å². The topological polar surface area (TPSA) is 110 Å². The summed E-state index contributed by atoms with van der Waals surface area (Å²) >= 11 is 0. The normalized spacial score (nSPS) is 10.4. The number of carbonyl (C=O) groups excluding carboxylic acids is 2. The molecule has 0 aliphatic carbocycles. The Hall–Kier alpha value is -3.81. The maximum atomic E-state index is 11.9. The van der Waals surface area contributed by atoms with Gasteiger partial charge in [0.25, 0.3) is 11.8 Å². The van der Waals surface area contributed by atoms with E-state index in [1.54, 1.807) is 18.2 Å². The Morgan fingerprint density at radius 3 is 2.52 bits per heavy atom. The summed E-state index contributed by atoms with van der Waals surface area (Å²) in [6, 6.07) is 13.7. The van der Waals surface area contributed by atoms with Crippen molar-refractivity contribution in [3.05, 3.63) is 70.1 Å². The molecule has 0 fully saturated rings. The van der Waals surface area contributed by atoms with E-state index in [1.165, 1.54) is 12.1 Å². The van der Waals surface area contributed by atoms with Gasteiger partial charge in [-0.2, -0.15) is 0 Å². The van der Waals surface area contributed by atoms with Gasteiger partial charge in [0.1, 0.15) is 11.3 Å². The van der Waals surface area contributed by atoms with Crippen molar-refractivity contribution in [3.63, 3.8) is 0 Å². The van der Waals surface area contributed by atoms with Crippen LogP contribution in [-0.2, 0) is 9.59 Å². The average molecular weight is 395 g/mol. The Labute approximate surface area is 166 Å². The minimum atomic E-state index is -0.528. The Morgan fingerprint density at radius 2 is 1.72 bits per heavy atom. The van der Waals surface area contributed by atoms with Gasteiger partial charge >= 0.3 is 5.63 Å². The first-order valence-electron chi connectivity index (χ1n) is 8.96. The monoisotopic (exact) mass is 395 g/mol. The summed E-state index contributed by atoms with van der Waals surface area (Å²) in [5.74, 6) is -0.560. The third-order valence-corrected chi connectivity index (χ3v) is 4.13. The number of carbonyl (C=O) groups is 2. The molecule has 0 spiro atoms. The van der Waals surface area contributed by atoms with Gasteiger partial charge in [0.2, 0.25) is 0 Å². The molecule has 3 rings (SSSR count). The lowest BCUT2D eigenvalue weighted by atomic mass is 10.1. The largest absolute Gasteiger partial charge is 0.484 e. The fourth-order valence-electron chi connectivity index (χ4n) is 2.69. The molecule has 0 radical (unpaired) electrons. The Bertz CT molecular complexity index is 1110. The van der Waals surface area contributed by atoms with Crippen LogP contribution >= 0.6 is 0 Å². The zero-order valence-corrected chi connectivity index (χ0v) is 16.1. The Balaban J connectivity index is 1.43. The summed E-state index contributed by atoms with van der Waals surface area (Å²) in [5.41, 5.74) is 7.51. The molecule has 0 saturated heterocycles. The molecule has 3 N–H and O–H groups in total. The number of rotatable bonds is 6. The molecule has 3 aromatic rings. The van der Waals surface area contributed by atoms with Crippen molar-refractivity contribution in [3.8, 4) is 5.75 Å². The van der Waals surface area contributed by atoms with E-state index in [1.807, 2.05) is 32.0 Å². The standard InChI is InChI=1S/C21H21N3O5/c1-13-3-7-17(14(2)9-13)22-11-19(25)23-24-20(26)12-28-16-6-4-15-5-8-21(27)29-18(15)10-16/h3-10,22H,11-12H2,1-2H3,(H,23,25)(H,24,26). The molecule has 2 amide bonds. The van der Waals surface area contributed by atoms with Crippen molar-refractivity contribution in [2.75, 3.05) is 18.5 Å². The van der Waals surface area contributed by atoms with Gasteiger partial charge in [-0.3, -0.25) is 20.4 Å². The maximum absolute atomic E-state index is 11.9. The van der Waals surface area contributed by atoms with E-state index < -0.39 is 17.4 Å². The average Bonchev–Trinajstić information content (AvgIpc) is 2.69. The summed E-state index contributed by atoms with van der Waals surface area (Å²) in [7, 11) is 0. The van der Waals surface area contributed by atoms with Crippen molar-refractivity contribution >= 4 is 28.5 Å². The molecule has 0 unspecified atom stereocenters. The number of anilines is 1. The van der Waals surface area contributed by atoms with E-state index in [0.717, 1.165) is 22.2 Å². The molecule has 2 aromatic carbocycles. The predicted molar refractivity (Wildman–Crippen MR) is 109 cm³/mol. The number of hydrogen-bond donors (Lipinski definition) is 3. The highest BCUT2D eigenvalue weighted by molar-refractivity contribution is 5.85. The van der Waals surface area contributed by atoms with Gasteiger partial charge in [-0.05, 0) is 43.7 Å². The second kappa shape index (κ2) is 8.92. The van der Waals surface area contributed by atoms with Crippen LogP contribution in [0, 0.1) is 13.8 Å². The second-order valence-electron chi connectivity index (χ2n) is 6.51. The molecule has 0 bridgehead atoms. The molecule has 8 nitrogen and oxygen atoms in total. The van der Waals surface area contributed by atoms with Crippen LogP contribution in [-0.4, -0.2) is 25.0 Å². The molecular weight excluding hydrogens is 374 g/mol. The van der Waals surface area contributed by atoms with Gasteiger partial charge in [-0.1, -0.05) is 17.7 Å². The minimum Gasteiger partial charge on any atom is -0.484 e. The molecule has 0 saturated carbocycles. The fraction of sp³-hybridized carbons (Fsp3) is 0.190. The molecule has 0 aliphatic rings. The summed E-state index contributed by atoms with van der Waals surface area (Å²) < 4.78 is 10.4. The fourth-order valence-corrected chi connectivity index (χ4v) is 2.69. The van der Waals surface area contributed by atoms with Crippen molar-refractivity contribution in [1.82, 2.24) is 10.9 Å². The molecule has 8 heteroatoms. The van der Waals surface area contributed by atoms with Crippen LogP contribution in [0.25, 0.3) is 11.0 Å². The highest BCUT2D eigenvalue weighted by atomic mass is 16.5. The van der Waals surface area contributed by atoms with Gasteiger partial charge in [-0.25, -0.2) is 4.79 Å². The summed E-state index contributed by atoms with van der Waals surface area (Å²) in [6.07, 6.45) is 0. The third kappa shape index (κ3) is 5.58. The van der Waals surface area contributed by atoms with Crippen LogP contribution in [0.3, 0.4) is 0 Å². The van der Waals surface area contributed by atoms with Crippen molar-refractivity contribution in [2.45, 2.75) is 13.8 Å². The van der Waals surface area contributed by atoms with Crippen LogP contribution < -0.4 is 26.5 Å². The van der Waals surface area contributed by atoms with Crippen molar-refractivity contribution in [1.29, 1.82) is 0 Å². The van der Waals surface area contributed by atoms with Crippen molar-refractivity contribution < 1.29 is 18.7 Å². The first kappa shape index (κ1) is 19.9.